The maximum Gasteiger partial charge on any atom is 0.341 e. The van der Waals surface area contributed by atoms with Gasteiger partial charge in [-0.05, 0) is 43.3 Å². The number of carbonyl (C=O) groups is 2. The molecule has 0 spiro atoms. The molecule has 2 N–H and O–H groups in total. The molecule has 2 aromatic carbocycles. The first-order chi connectivity index (χ1) is 12.5. The van der Waals surface area contributed by atoms with E-state index in [0.717, 1.165) is 16.1 Å². The second kappa shape index (κ2) is 7.79. The van der Waals surface area contributed by atoms with E-state index in [0.29, 0.717) is 16.4 Å². The molecule has 0 radical (unpaired) electrons. The van der Waals surface area contributed by atoms with Gasteiger partial charge in [-0.15, -0.1) is 11.3 Å². The lowest BCUT2D eigenvalue weighted by Gasteiger charge is -2.04. The van der Waals surface area contributed by atoms with E-state index >= 15 is 0 Å². The first-order valence-corrected chi connectivity index (χ1v) is 8.63. The van der Waals surface area contributed by atoms with Gasteiger partial charge in [0.05, 0.1) is 5.69 Å². The van der Waals surface area contributed by atoms with Crippen LogP contribution in [0.15, 0.2) is 54.6 Å². The molecule has 0 aliphatic heterocycles. The number of aliphatic carboxylic acids is 1. The zero-order valence-corrected chi connectivity index (χ0v) is 14.7. The summed E-state index contributed by atoms with van der Waals surface area (Å²) >= 11 is 1.40. The van der Waals surface area contributed by atoms with Gasteiger partial charge in [0.25, 0.3) is 5.91 Å². The molecule has 3 rings (SSSR count). The Kier molecular flexibility index (Phi) is 5.28. The molecule has 7 heteroatoms. The second-order valence-corrected chi connectivity index (χ2v) is 6.65. The first-order valence-electron chi connectivity index (χ1n) is 7.82. The molecule has 3 aromatic rings. The van der Waals surface area contributed by atoms with Crippen molar-refractivity contribution in [2.45, 2.75) is 6.92 Å². The van der Waals surface area contributed by atoms with Crippen LogP contribution in [-0.2, 0) is 4.79 Å². The van der Waals surface area contributed by atoms with Gasteiger partial charge >= 0.3 is 5.97 Å². The van der Waals surface area contributed by atoms with Crippen LogP contribution in [0.3, 0.4) is 0 Å². The number of carboxylic acids is 1. The number of thiazole rings is 1. The maximum atomic E-state index is 12.2. The molecule has 0 fully saturated rings. The van der Waals surface area contributed by atoms with Crippen molar-refractivity contribution in [3.05, 3.63) is 65.0 Å². The summed E-state index contributed by atoms with van der Waals surface area (Å²) in [5.74, 6) is -0.756. The van der Waals surface area contributed by atoms with Crippen molar-refractivity contribution in [2.75, 3.05) is 11.9 Å². The van der Waals surface area contributed by atoms with Crippen molar-refractivity contribution in [1.82, 2.24) is 4.98 Å². The zero-order chi connectivity index (χ0) is 18.5. The predicted octanol–water partition coefficient (Wildman–Crippen LogP) is 3.83. The summed E-state index contributed by atoms with van der Waals surface area (Å²) in [6.45, 7) is 1.55. The van der Waals surface area contributed by atoms with Crippen molar-refractivity contribution in [3.63, 3.8) is 0 Å². The third kappa shape index (κ3) is 4.25. The number of hydrogen-bond donors (Lipinski definition) is 2. The number of carboxylic acid groups (broad SMARTS) is 1. The molecule has 1 aromatic heterocycles. The molecule has 26 heavy (non-hydrogen) atoms. The molecular weight excluding hydrogens is 352 g/mol. The average Bonchev–Trinajstić information content (AvgIpc) is 3.01. The Morgan fingerprint density at radius 2 is 1.81 bits per heavy atom. The molecule has 0 saturated heterocycles. The molecule has 0 unspecified atom stereocenters. The Balaban J connectivity index is 1.73. The third-order valence-electron chi connectivity index (χ3n) is 3.54. The normalized spacial score (nSPS) is 10.3. The Morgan fingerprint density at radius 1 is 1.12 bits per heavy atom. The van der Waals surface area contributed by atoms with Crippen molar-refractivity contribution < 1.29 is 19.4 Å². The molecule has 1 amide bonds. The van der Waals surface area contributed by atoms with Crippen LogP contribution in [0.4, 0.5) is 5.13 Å². The van der Waals surface area contributed by atoms with Gasteiger partial charge in [-0.2, -0.15) is 0 Å². The molecule has 0 aliphatic carbocycles. The van der Waals surface area contributed by atoms with Crippen LogP contribution < -0.4 is 10.1 Å². The summed E-state index contributed by atoms with van der Waals surface area (Å²) in [6.07, 6.45) is 0. The second-order valence-electron chi connectivity index (χ2n) is 5.45. The number of rotatable bonds is 6. The fourth-order valence-corrected chi connectivity index (χ4v) is 3.16. The number of carbonyl (C=O) groups excluding carboxylic acids is 1. The van der Waals surface area contributed by atoms with Crippen LogP contribution in [0.5, 0.6) is 5.75 Å². The van der Waals surface area contributed by atoms with Crippen molar-refractivity contribution in [1.29, 1.82) is 0 Å². The summed E-state index contributed by atoms with van der Waals surface area (Å²) < 4.78 is 5.12. The van der Waals surface area contributed by atoms with Crippen LogP contribution in [0, 0.1) is 6.92 Å². The van der Waals surface area contributed by atoms with Gasteiger partial charge in [0.15, 0.2) is 11.7 Å². The van der Waals surface area contributed by atoms with E-state index in [2.05, 4.69) is 10.3 Å². The lowest BCUT2D eigenvalue weighted by Crippen LogP contribution is -2.11. The monoisotopic (exact) mass is 368 g/mol. The quantitative estimate of drug-likeness (QED) is 0.690. The van der Waals surface area contributed by atoms with Crippen LogP contribution >= 0.6 is 11.3 Å². The van der Waals surface area contributed by atoms with Crippen LogP contribution in [0.1, 0.15) is 15.2 Å². The molecule has 0 bridgehead atoms. The lowest BCUT2D eigenvalue weighted by molar-refractivity contribution is -0.139. The molecule has 1 heterocycles. The maximum absolute atomic E-state index is 12.2. The Hall–Kier alpha value is -3.19. The van der Waals surface area contributed by atoms with Gasteiger partial charge in [-0.1, -0.05) is 18.2 Å². The van der Waals surface area contributed by atoms with E-state index in [1.807, 2.05) is 25.1 Å². The van der Waals surface area contributed by atoms with E-state index in [1.54, 1.807) is 36.4 Å². The lowest BCUT2D eigenvalue weighted by atomic mass is 10.1. The topological polar surface area (TPSA) is 88.5 Å². The SMILES string of the molecule is Cc1sc(NC(=O)c2ccccc2)nc1-c1ccc(OCC(=O)O)cc1. The van der Waals surface area contributed by atoms with Crippen molar-refractivity contribution >= 4 is 28.3 Å². The minimum absolute atomic E-state index is 0.205. The molecule has 6 nitrogen and oxygen atoms in total. The van der Waals surface area contributed by atoms with Crippen LogP contribution in [0.2, 0.25) is 0 Å². The highest BCUT2D eigenvalue weighted by molar-refractivity contribution is 7.16. The molecule has 0 saturated carbocycles. The van der Waals surface area contributed by atoms with Crippen molar-refractivity contribution in [3.8, 4) is 17.0 Å². The average molecular weight is 368 g/mol. The predicted molar refractivity (Wildman–Crippen MR) is 99.8 cm³/mol. The Labute approximate surface area is 154 Å². The largest absolute Gasteiger partial charge is 0.482 e. The van der Waals surface area contributed by atoms with E-state index < -0.39 is 5.97 Å². The van der Waals surface area contributed by atoms with Crippen LogP contribution in [-0.4, -0.2) is 28.6 Å². The van der Waals surface area contributed by atoms with Gasteiger partial charge in [0.1, 0.15) is 5.75 Å². The Bertz CT molecular complexity index is 920. The number of aryl methyl sites for hydroxylation is 1. The number of aromatic nitrogens is 1. The summed E-state index contributed by atoms with van der Waals surface area (Å²) in [5.41, 5.74) is 2.20. The fourth-order valence-electron chi connectivity index (χ4n) is 2.33. The first kappa shape index (κ1) is 17.6. The summed E-state index contributed by atoms with van der Waals surface area (Å²) in [5, 5.41) is 12.0. The third-order valence-corrected chi connectivity index (χ3v) is 4.43. The number of anilines is 1. The van der Waals surface area contributed by atoms with E-state index in [-0.39, 0.29) is 12.5 Å². The van der Waals surface area contributed by atoms with Gasteiger partial charge in [0.2, 0.25) is 0 Å². The van der Waals surface area contributed by atoms with E-state index in [4.69, 9.17) is 9.84 Å². The number of ether oxygens (including phenoxy) is 1. The standard InChI is InChI=1S/C19H16N2O4S/c1-12-17(13-7-9-15(10-8-13)25-11-16(22)23)20-19(26-12)21-18(24)14-5-3-2-4-6-14/h2-10H,11H2,1H3,(H,22,23)(H,20,21,24). The van der Waals surface area contributed by atoms with Gasteiger partial charge in [-0.25, -0.2) is 9.78 Å². The fraction of sp³-hybridized carbons (Fsp3) is 0.105. The molecule has 0 atom stereocenters. The molecule has 0 aliphatic rings. The molecule has 132 valence electrons. The highest BCUT2D eigenvalue weighted by atomic mass is 32.1. The zero-order valence-electron chi connectivity index (χ0n) is 13.9. The highest BCUT2D eigenvalue weighted by Crippen LogP contribution is 2.31. The minimum Gasteiger partial charge on any atom is -0.482 e. The number of hydrogen-bond acceptors (Lipinski definition) is 5. The number of nitrogens with zero attached hydrogens (tertiary/aromatic N) is 1. The molecular formula is C19H16N2O4S. The van der Waals surface area contributed by atoms with Gasteiger partial charge < -0.3 is 9.84 Å². The highest BCUT2D eigenvalue weighted by Gasteiger charge is 2.13. The number of benzene rings is 2. The smallest absolute Gasteiger partial charge is 0.341 e. The van der Waals surface area contributed by atoms with Gasteiger partial charge in [-0.3, -0.25) is 10.1 Å². The van der Waals surface area contributed by atoms with E-state index in [9.17, 15) is 9.59 Å². The number of nitrogens with one attached hydrogen (secondary N) is 1. The van der Waals surface area contributed by atoms with Crippen molar-refractivity contribution in [2.24, 2.45) is 0 Å². The number of amides is 1. The summed E-state index contributed by atoms with van der Waals surface area (Å²) in [7, 11) is 0. The Morgan fingerprint density at radius 3 is 2.46 bits per heavy atom. The van der Waals surface area contributed by atoms with Crippen LogP contribution in [0.25, 0.3) is 11.3 Å². The van der Waals surface area contributed by atoms with Gasteiger partial charge in [0, 0.05) is 16.0 Å². The summed E-state index contributed by atoms with van der Waals surface area (Å²) in [4.78, 5) is 28.2. The minimum atomic E-state index is -1.02. The summed E-state index contributed by atoms with van der Waals surface area (Å²) in [6, 6.07) is 16.0. The van der Waals surface area contributed by atoms with E-state index in [1.165, 1.54) is 11.3 Å².